The van der Waals surface area contributed by atoms with E-state index in [1.54, 1.807) is 0 Å². The summed E-state index contributed by atoms with van der Waals surface area (Å²) in [6.07, 6.45) is 1.93. The zero-order valence-corrected chi connectivity index (χ0v) is 9.20. The molecule has 15 heavy (non-hydrogen) atoms. The minimum Gasteiger partial charge on any atom is -0.452 e. The number of amides is 1. The van der Waals surface area contributed by atoms with Gasteiger partial charge in [0.25, 0.3) is 0 Å². The predicted octanol–water partition coefficient (Wildman–Crippen LogP) is 0.641. The monoisotopic (exact) mass is 235 g/mol. The molecule has 7 heteroatoms. The average Bonchev–Trinajstić information content (AvgIpc) is 2.46. The molecule has 1 aliphatic carbocycles. The van der Waals surface area contributed by atoms with Crippen molar-refractivity contribution in [2.24, 2.45) is 0 Å². The molecule has 0 spiro atoms. The Morgan fingerprint density at radius 3 is 2.73 bits per heavy atom. The van der Waals surface area contributed by atoms with Crippen molar-refractivity contribution < 1.29 is 22.1 Å². The summed E-state index contributed by atoms with van der Waals surface area (Å²) in [4.78, 5) is 11.3. The summed E-state index contributed by atoms with van der Waals surface area (Å²) >= 11 is 0. The number of methoxy groups -OCH3 is 1. The second-order valence-corrected chi connectivity index (χ2v) is 5.15. The quantitative estimate of drug-likeness (QED) is 0.616. The lowest BCUT2D eigenvalue weighted by Gasteiger charge is -2.25. The number of hydrogen-bond donors (Lipinski definition) is 0. The van der Waals surface area contributed by atoms with E-state index < -0.39 is 16.4 Å². The topological polar surface area (TPSA) is 72.9 Å². The molecule has 1 amide bonds. The first-order valence-corrected chi connectivity index (χ1v) is 6.23. The van der Waals surface area contributed by atoms with Crippen molar-refractivity contribution in [2.45, 2.75) is 37.8 Å². The Labute approximate surface area is 88.4 Å². The van der Waals surface area contributed by atoms with Crippen LogP contribution >= 0.6 is 0 Å². The van der Waals surface area contributed by atoms with Crippen molar-refractivity contribution in [2.75, 3.05) is 7.11 Å². The third kappa shape index (κ3) is 1.69. The van der Waals surface area contributed by atoms with Crippen molar-refractivity contribution in [3.8, 4) is 0 Å². The number of nitrogens with zero attached hydrogens (tertiary/aromatic N) is 1. The van der Waals surface area contributed by atoms with Gasteiger partial charge in [-0.05, 0) is 12.8 Å². The normalized spacial score (nSPS) is 33.5. The van der Waals surface area contributed by atoms with Crippen molar-refractivity contribution in [1.29, 1.82) is 0 Å². The number of ether oxygens (including phenoxy) is 1. The van der Waals surface area contributed by atoms with Gasteiger partial charge in [-0.1, -0.05) is 12.8 Å². The molecule has 0 N–H and O–H groups in total. The van der Waals surface area contributed by atoms with E-state index in [1.165, 1.54) is 0 Å². The standard InChI is InChI=1S/C8H13NO5S/c1-13-8(10)9-6-4-2-3-5-7(6)14-15(9,11)12/h6-7H,2-5H2,1H3/t6-,7+/m0/s1. The Bertz CT molecular complexity index is 365. The summed E-state index contributed by atoms with van der Waals surface area (Å²) < 4.78 is 33.1. The molecule has 0 aromatic carbocycles. The lowest BCUT2D eigenvalue weighted by molar-refractivity contribution is 0.116. The van der Waals surface area contributed by atoms with Gasteiger partial charge in [-0.3, -0.25) is 0 Å². The van der Waals surface area contributed by atoms with Gasteiger partial charge < -0.3 is 4.74 Å². The van der Waals surface area contributed by atoms with Gasteiger partial charge in [0, 0.05) is 0 Å². The molecule has 2 fully saturated rings. The summed E-state index contributed by atoms with van der Waals surface area (Å²) in [5.41, 5.74) is 0. The molecule has 0 radical (unpaired) electrons. The number of fused-ring (bicyclic) bond motifs is 1. The van der Waals surface area contributed by atoms with Crippen LogP contribution in [-0.2, 0) is 19.2 Å². The van der Waals surface area contributed by atoms with Crippen LogP contribution in [0.1, 0.15) is 25.7 Å². The first kappa shape index (κ1) is 10.7. The Balaban J connectivity index is 2.29. The summed E-state index contributed by atoms with van der Waals surface area (Å²) in [7, 11) is -2.76. The van der Waals surface area contributed by atoms with E-state index in [-0.39, 0.29) is 12.1 Å². The van der Waals surface area contributed by atoms with Crippen LogP contribution < -0.4 is 0 Å². The molecule has 1 saturated carbocycles. The van der Waals surface area contributed by atoms with E-state index in [4.69, 9.17) is 4.18 Å². The van der Waals surface area contributed by atoms with Crippen LogP contribution in [0.2, 0.25) is 0 Å². The van der Waals surface area contributed by atoms with E-state index in [9.17, 15) is 13.2 Å². The van der Waals surface area contributed by atoms with Gasteiger partial charge in [0.15, 0.2) is 0 Å². The highest BCUT2D eigenvalue weighted by Crippen LogP contribution is 2.35. The van der Waals surface area contributed by atoms with Crippen molar-refractivity contribution in [3.05, 3.63) is 0 Å². The van der Waals surface area contributed by atoms with Crippen molar-refractivity contribution >= 4 is 16.4 Å². The van der Waals surface area contributed by atoms with Crippen LogP contribution in [0.5, 0.6) is 0 Å². The SMILES string of the molecule is COC(=O)N1[C@H]2CCCC[C@H]2OS1(=O)=O. The van der Waals surface area contributed by atoms with Gasteiger partial charge in [-0.2, -0.15) is 12.7 Å². The lowest BCUT2D eigenvalue weighted by atomic mass is 9.93. The van der Waals surface area contributed by atoms with E-state index in [2.05, 4.69) is 4.74 Å². The average molecular weight is 235 g/mol. The largest absolute Gasteiger partial charge is 0.452 e. The second-order valence-electron chi connectivity index (χ2n) is 3.71. The molecule has 86 valence electrons. The Morgan fingerprint density at radius 1 is 1.40 bits per heavy atom. The molecule has 2 aliphatic rings. The molecule has 0 aromatic heterocycles. The molecular weight excluding hydrogens is 222 g/mol. The summed E-state index contributed by atoms with van der Waals surface area (Å²) in [5.74, 6) is 0. The molecule has 0 unspecified atom stereocenters. The number of hydrogen-bond acceptors (Lipinski definition) is 5. The molecule has 1 heterocycles. The molecule has 2 atom stereocenters. The molecule has 2 rings (SSSR count). The number of rotatable bonds is 0. The smallest absolute Gasteiger partial charge is 0.425 e. The van der Waals surface area contributed by atoms with Crippen LogP contribution in [-0.4, -0.2) is 38.1 Å². The highest BCUT2D eigenvalue weighted by molar-refractivity contribution is 7.85. The molecule has 1 saturated heterocycles. The maximum atomic E-state index is 11.5. The highest BCUT2D eigenvalue weighted by Gasteiger charge is 2.50. The molecular formula is C8H13NO5S. The molecule has 6 nitrogen and oxygen atoms in total. The Kier molecular flexibility index (Phi) is 2.59. The van der Waals surface area contributed by atoms with Crippen LogP contribution in [0.4, 0.5) is 4.79 Å². The van der Waals surface area contributed by atoms with E-state index >= 15 is 0 Å². The zero-order chi connectivity index (χ0) is 11.1. The predicted molar refractivity (Wildman–Crippen MR) is 50.3 cm³/mol. The van der Waals surface area contributed by atoms with E-state index in [0.717, 1.165) is 24.3 Å². The summed E-state index contributed by atoms with van der Waals surface area (Å²) in [6.45, 7) is 0. The van der Waals surface area contributed by atoms with Gasteiger partial charge >= 0.3 is 16.4 Å². The Morgan fingerprint density at radius 2 is 2.07 bits per heavy atom. The maximum Gasteiger partial charge on any atom is 0.425 e. The van der Waals surface area contributed by atoms with Crippen LogP contribution in [0.15, 0.2) is 0 Å². The van der Waals surface area contributed by atoms with Gasteiger partial charge in [0.2, 0.25) is 0 Å². The van der Waals surface area contributed by atoms with Gasteiger partial charge in [0.1, 0.15) is 6.10 Å². The fourth-order valence-electron chi connectivity index (χ4n) is 2.14. The molecule has 0 bridgehead atoms. The fraction of sp³-hybridized carbons (Fsp3) is 0.875. The van der Waals surface area contributed by atoms with Crippen LogP contribution in [0.25, 0.3) is 0 Å². The minimum atomic E-state index is -3.92. The van der Waals surface area contributed by atoms with Gasteiger partial charge in [-0.15, -0.1) is 0 Å². The summed E-state index contributed by atoms with van der Waals surface area (Å²) in [6, 6.07) is -0.379. The minimum absolute atomic E-state index is 0.379. The molecule has 0 aromatic rings. The van der Waals surface area contributed by atoms with Gasteiger partial charge in [-0.25, -0.2) is 8.98 Å². The fourth-order valence-corrected chi connectivity index (χ4v) is 3.60. The summed E-state index contributed by atoms with van der Waals surface area (Å²) in [5, 5.41) is 0. The van der Waals surface area contributed by atoms with Crippen LogP contribution in [0.3, 0.4) is 0 Å². The second kappa shape index (κ2) is 3.64. The molecule has 1 aliphatic heterocycles. The van der Waals surface area contributed by atoms with Crippen molar-refractivity contribution in [3.63, 3.8) is 0 Å². The van der Waals surface area contributed by atoms with E-state index in [1.807, 2.05) is 0 Å². The zero-order valence-electron chi connectivity index (χ0n) is 8.38. The maximum absolute atomic E-state index is 11.5. The third-order valence-electron chi connectivity index (χ3n) is 2.81. The lowest BCUT2D eigenvalue weighted by Crippen LogP contribution is -2.42. The van der Waals surface area contributed by atoms with Crippen molar-refractivity contribution in [1.82, 2.24) is 4.31 Å². The van der Waals surface area contributed by atoms with E-state index in [0.29, 0.717) is 12.8 Å². The highest BCUT2D eigenvalue weighted by atomic mass is 32.2. The van der Waals surface area contributed by atoms with Gasteiger partial charge in [0.05, 0.1) is 13.2 Å². The number of carbonyl (C=O) groups excluding carboxylic acids is 1. The third-order valence-corrected chi connectivity index (χ3v) is 4.20. The first-order chi connectivity index (χ1) is 7.06. The first-order valence-electron chi connectivity index (χ1n) is 4.87. The number of carbonyl (C=O) groups is 1. The Hall–Kier alpha value is -0.820. The van der Waals surface area contributed by atoms with Crippen LogP contribution in [0, 0.1) is 0 Å².